The molecule has 2 N–H and O–H groups in total. The Labute approximate surface area is 124 Å². The summed E-state index contributed by atoms with van der Waals surface area (Å²) in [6.45, 7) is 6.28. The van der Waals surface area contributed by atoms with Gasteiger partial charge >= 0.3 is 0 Å². The van der Waals surface area contributed by atoms with Crippen molar-refractivity contribution in [2.75, 3.05) is 25.0 Å². The van der Waals surface area contributed by atoms with Gasteiger partial charge in [-0.1, -0.05) is 43.4 Å². The number of nitrogens with two attached hydrogens (primary N) is 1. The number of rotatable bonds is 4. The molecule has 20 heavy (non-hydrogen) atoms. The molecule has 1 saturated carbocycles. The van der Waals surface area contributed by atoms with Crippen LogP contribution in [0.25, 0.3) is 0 Å². The second-order valence-electron chi connectivity index (χ2n) is 6.76. The zero-order valence-corrected chi connectivity index (χ0v) is 13.4. The summed E-state index contributed by atoms with van der Waals surface area (Å²) < 4.78 is 0. The number of benzene rings is 1. The van der Waals surface area contributed by atoms with Crippen molar-refractivity contribution in [3.8, 4) is 0 Å². The van der Waals surface area contributed by atoms with Gasteiger partial charge in [0.25, 0.3) is 0 Å². The Balaban J connectivity index is 2.13. The van der Waals surface area contributed by atoms with E-state index in [1.54, 1.807) is 0 Å². The Morgan fingerprint density at radius 1 is 1.10 bits per heavy atom. The summed E-state index contributed by atoms with van der Waals surface area (Å²) in [6, 6.07) is 6.74. The topological polar surface area (TPSA) is 29.3 Å². The molecule has 0 unspecified atom stereocenters. The smallest absolute Gasteiger partial charge is 0.0393 e. The van der Waals surface area contributed by atoms with Gasteiger partial charge in [0.2, 0.25) is 0 Å². The Hall–Kier alpha value is -1.02. The predicted molar refractivity (Wildman–Crippen MR) is 88.4 cm³/mol. The van der Waals surface area contributed by atoms with Crippen molar-refractivity contribution in [2.45, 2.75) is 52.4 Å². The summed E-state index contributed by atoms with van der Waals surface area (Å²) in [5.74, 6) is 0. The van der Waals surface area contributed by atoms with Gasteiger partial charge in [0.1, 0.15) is 0 Å². The first-order chi connectivity index (χ1) is 9.56. The highest BCUT2D eigenvalue weighted by atomic mass is 15.1. The summed E-state index contributed by atoms with van der Waals surface area (Å²) in [5.41, 5.74) is 10.6. The molecule has 0 saturated heterocycles. The third kappa shape index (κ3) is 3.54. The lowest BCUT2D eigenvalue weighted by atomic mass is 9.80. The minimum Gasteiger partial charge on any atom is -0.374 e. The van der Waals surface area contributed by atoms with Crippen LogP contribution in [0.4, 0.5) is 5.69 Å². The van der Waals surface area contributed by atoms with E-state index < -0.39 is 0 Å². The molecule has 1 aliphatic carbocycles. The van der Waals surface area contributed by atoms with Gasteiger partial charge < -0.3 is 10.6 Å². The molecule has 1 aliphatic rings. The van der Waals surface area contributed by atoms with Crippen LogP contribution in [0.2, 0.25) is 0 Å². The van der Waals surface area contributed by atoms with Crippen LogP contribution in [0, 0.1) is 19.3 Å². The van der Waals surface area contributed by atoms with Gasteiger partial charge in [0.15, 0.2) is 0 Å². The Bertz CT molecular complexity index is 431. The van der Waals surface area contributed by atoms with Crippen molar-refractivity contribution in [1.82, 2.24) is 0 Å². The number of hydrogen-bond donors (Lipinski definition) is 1. The normalized spacial score (nSPS) is 18.6. The van der Waals surface area contributed by atoms with E-state index in [1.165, 1.54) is 55.3 Å². The fraction of sp³-hybridized carbons (Fsp3) is 0.667. The number of aryl methyl sites for hydroxylation is 2. The van der Waals surface area contributed by atoms with Gasteiger partial charge in [-0.15, -0.1) is 0 Å². The highest BCUT2D eigenvalue weighted by molar-refractivity contribution is 5.54. The van der Waals surface area contributed by atoms with Crippen LogP contribution < -0.4 is 10.6 Å². The molecule has 0 amide bonds. The molecule has 2 heteroatoms. The predicted octanol–water partition coefficient (Wildman–Crippen LogP) is 4.04. The monoisotopic (exact) mass is 274 g/mol. The lowest BCUT2D eigenvalue weighted by molar-refractivity contribution is 0.262. The summed E-state index contributed by atoms with van der Waals surface area (Å²) in [7, 11) is 2.22. The summed E-state index contributed by atoms with van der Waals surface area (Å²) >= 11 is 0. The molecule has 1 aromatic carbocycles. The van der Waals surface area contributed by atoms with E-state index in [0.717, 1.165) is 13.1 Å². The maximum atomic E-state index is 6.17. The van der Waals surface area contributed by atoms with Crippen LogP contribution in [0.1, 0.15) is 49.7 Å². The van der Waals surface area contributed by atoms with Crippen LogP contribution in [0.3, 0.4) is 0 Å². The van der Waals surface area contributed by atoms with Gasteiger partial charge in [-0.05, 0) is 44.9 Å². The highest BCUT2D eigenvalue weighted by Gasteiger charge is 2.31. The highest BCUT2D eigenvalue weighted by Crippen LogP contribution is 2.36. The molecule has 2 rings (SSSR count). The number of anilines is 1. The minimum atomic E-state index is 0.322. The average molecular weight is 274 g/mol. The molecule has 0 aromatic heterocycles. The van der Waals surface area contributed by atoms with Gasteiger partial charge in [-0.3, -0.25) is 0 Å². The Kier molecular flexibility index (Phi) is 5.09. The maximum Gasteiger partial charge on any atom is 0.0393 e. The van der Waals surface area contributed by atoms with Crippen molar-refractivity contribution in [3.63, 3.8) is 0 Å². The summed E-state index contributed by atoms with van der Waals surface area (Å²) in [4.78, 5) is 2.42. The zero-order valence-electron chi connectivity index (χ0n) is 13.4. The molecule has 0 atom stereocenters. The fourth-order valence-corrected chi connectivity index (χ4v) is 3.73. The maximum absolute atomic E-state index is 6.17. The first-order valence-corrected chi connectivity index (χ1v) is 8.05. The SMILES string of the molecule is Cc1ccc(N(C)CC2(CN)CCCCCC2)c(C)c1. The van der Waals surface area contributed by atoms with E-state index in [9.17, 15) is 0 Å². The first kappa shape index (κ1) is 15.4. The number of nitrogens with zero attached hydrogens (tertiary/aromatic N) is 1. The van der Waals surface area contributed by atoms with Crippen LogP contribution in [0.5, 0.6) is 0 Å². The van der Waals surface area contributed by atoms with Crippen LogP contribution in [-0.4, -0.2) is 20.1 Å². The molecule has 0 bridgehead atoms. The van der Waals surface area contributed by atoms with E-state index >= 15 is 0 Å². The molecular formula is C18H30N2. The van der Waals surface area contributed by atoms with E-state index in [-0.39, 0.29) is 0 Å². The second kappa shape index (κ2) is 6.62. The number of hydrogen-bond acceptors (Lipinski definition) is 2. The molecule has 0 aliphatic heterocycles. The fourth-order valence-electron chi connectivity index (χ4n) is 3.73. The molecule has 0 spiro atoms. The second-order valence-corrected chi connectivity index (χ2v) is 6.76. The van der Waals surface area contributed by atoms with Gasteiger partial charge in [0.05, 0.1) is 0 Å². The summed E-state index contributed by atoms with van der Waals surface area (Å²) in [5, 5.41) is 0. The van der Waals surface area contributed by atoms with Crippen molar-refractivity contribution in [2.24, 2.45) is 11.1 Å². The molecular weight excluding hydrogens is 244 g/mol. The van der Waals surface area contributed by atoms with Crippen molar-refractivity contribution in [3.05, 3.63) is 29.3 Å². The standard InChI is InChI=1S/C18H30N2/c1-15-8-9-17(16(2)12-15)20(3)14-18(13-19)10-6-4-5-7-11-18/h8-9,12H,4-7,10-11,13-14,19H2,1-3H3. The van der Waals surface area contributed by atoms with Gasteiger partial charge in [0, 0.05) is 24.7 Å². The lowest BCUT2D eigenvalue weighted by Gasteiger charge is -2.37. The van der Waals surface area contributed by atoms with Crippen LogP contribution in [-0.2, 0) is 0 Å². The van der Waals surface area contributed by atoms with Gasteiger partial charge in [-0.2, -0.15) is 0 Å². The third-order valence-corrected chi connectivity index (χ3v) is 4.93. The molecule has 1 aromatic rings. The van der Waals surface area contributed by atoms with Crippen molar-refractivity contribution in [1.29, 1.82) is 0 Å². The van der Waals surface area contributed by atoms with Gasteiger partial charge in [-0.25, -0.2) is 0 Å². The Morgan fingerprint density at radius 2 is 1.75 bits per heavy atom. The largest absolute Gasteiger partial charge is 0.374 e. The first-order valence-electron chi connectivity index (χ1n) is 8.05. The zero-order chi connectivity index (χ0) is 14.6. The van der Waals surface area contributed by atoms with E-state index in [1.807, 2.05) is 0 Å². The van der Waals surface area contributed by atoms with Crippen molar-refractivity contribution < 1.29 is 0 Å². The van der Waals surface area contributed by atoms with E-state index in [0.29, 0.717) is 5.41 Å². The molecule has 1 fully saturated rings. The molecule has 0 heterocycles. The molecule has 112 valence electrons. The van der Waals surface area contributed by atoms with Crippen LogP contribution in [0.15, 0.2) is 18.2 Å². The molecule has 2 nitrogen and oxygen atoms in total. The van der Waals surface area contributed by atoms with E-state index in [4.69, 9.17) is 5.73 Å². The minimum absolute atomic E-state index is 0.322. The third-order valence-electron chi connectivity index (χ3n) is 4.93. The van der Waals surface area contributed by atoms with E-state index in [2.05, 4.69) is 44.0 Å². The average Bonchev–Trinajstić information content (AvgIpc) is 2.64. The quantitative estimate of drug-likeness (QED) is 0.840. The summed E-state index contributed by atoms with van der Waals surface area (Å²) in [6.07, 6.45) is 8.04. The van der Waals surface area contributed by atoms with Crippen LogP contribution >= 0.6 is 0 Å². The Morgan fingerprint density at radius 3 is 2.30 bits per heavy atom. The molecule has 0 radical (unpaired) electrons. The lowest BCUT2D eigenvalue weighted by Crippen LogP contribution is -2.41. The van der Waals surface area contributed by atoms with Crippen molar-refractivity contribution >= 4 is 5.69 Å².